The van der Waals surface area contributed by atoms with Crippen LogP contribution in [0.25, 0.3) is 10.7 Å². The van der Waals surface area contributed by atoms with Crippen molar-refractivity contribution in [2.75, 3.05) is 0 Å². The number of thiophene rings is 1. The average molecular weight is 357 g/mol. The molecule has 0 spiro atoms. The van der Waals surface area contributed by atoms with Gasteiger partial charge in [0, 0.05) is 0 Å². The summed E-state index contributed by atoms with van der Waals surface area (Å²) in [7, 11) is 0. The van der Waals surface area contributed by atoms with Crippen LogP contribution in [0.5, 0.6) is 5.75 Å². The van der Waals surface area contributed by atoms with Crippen molar-refractivity contribution < 1.29 is 9.90 Å². The average Bonchev–Trinajstić information content (AvgIpc) is 3.12. The zero-order valence-electron chi connectivity index (χ0n) is 12.8. The Hall–Kier alpha value is -2.93. The van der Waals surface area contributed by atoms with E-state index in [-0.39, 0.29) is 25.0 Å². The maximum absolute atomic E-state index is 12.4. The van der Waals surface area contributed by atoms with Crippen LogP contribution in [-0.2, 0) is 0 Å². The number of carbonyl (C=O) groups is 1. The van der Waals surface area contributed by atoms with E-state index in [9.17, 15) is 14.7 Å². The molecule has 0 saturated heterocycles. The van der Waals surface area contributed by atoms with E-state index >= 15 is 0 Å². The molecule has 1 atom stereocenters. The van der Waals surface area contributed by atoms with E-state index in [1.54, 1.807) is 6.07 Å². The Balaban J connectivity index is 0.00000225. The Morgan fingerprint density at radius 2 is 1.96 bits per heavy atom. The third-order valence-electron chi connectivity index (χ3n) is 3.51. The molecule has 3 rings (SSSR count). The van der Waals surface area contributed by atoms with E-state index < -0.39 is 17.2 Å². The van der Waals surface area contributed by atoms with Gasteiger partial charge in [0.05, 0.1) is 10.9 Å². The van der Waals surface area contributed by atoms with Crippen LogP contribution in [0, 0.1) is 0 Å². The lowest BCUT2D eigenvalue weighted by atomic mass is 10.1. The first-order valence-corrected chi connectivity index (χ1v) is 8.17. The fraction of sp³-hybridized carbons (Fsp3) is 0.167. The summed E-state index contributed by atoms with van der Waals surface area (Å²) in [5.74, 6) is -1.04. The Bertz CT molecular complexity index is 905. The molecule has 0 aliphatic heterocycles. The van der Waals surface area contributed by atoms with E-state index in [1.165, 1.54) is 11.3 Å². The Labute approximate surface area is 149 Å². The highest BCUT2D eigenvalue weighted by Crippen LogP contribution is 2.22. The first-order valence-electron chi connectivity index (χ1n) is 7.29. The lowest BCUT2D eigenvalue weighted by Crippen LogP contribution is -2.29. The fourth-order valence-electron chi connectivity index (χ4n) is 2.25. The lowest BCUT2D eigenvalue weighted by molar-refractivity contribution is 0.0931. The van der Waals surface area contributed by atoms with Crippen molar-refractivity contribution >= 4 is 17.2 Å². The lowest BCUT2D eigenvalue weighted by Gasteiger charge is -2.14. The van der Waals surface area contributed by atoms with E-state index in [2.05, 4.69) is 15.3 Å². The Morgan fingerprint density at radius 3 is 2.60 bits per heavy atom. The van der Waals surface area contributed by atoms with Crippen LogP contribution in [-0.4, -0.2) is 21.0 Å². The minimum atomic E-state index is -0.745. The van der Waals surface area contributed by atoms with Crippen molar-refractivity contribution in [1.82, 2.24) is 15.3 Å². The van der Waals surface area contributed by atoms with Crippen molar-refractivity contribution in [1.29, 1.82) is 0 Å². The number of hydrogen-bond acceptors (Lipinski definition) is 5. The van der Waals surface area contributed by atoms with Gasteiger partial charge in [-0.15, -0.1) is 11.3 Å². The van der Waals surface area contributed by atoms with Gasteiger partial charge in [-0.05, 0) is 23.9 Å². The molecule has 25 heavy (non-hydrogen) atoms. The van der Waals surface area contributed by atoms with Gasteiger partial charge in [-0.1, -0.05) is 43.8 Å². The third kappa shape index (κ3) is 3.95. The van der Waals surface area contributed by atoms with Crippen molar-refractivity contribution in [3.05, 3.63) is 69.5 Å². The molecule has 7 heteroatoms. The normalized spacial score (nSPS) is 11.4. The number of H-pyrrole nitrogens is 1. The zero-order chi connectivity index (χ0) is 17.1. The minimum absolute atomic E-state index is 0. The summed E-state index contributed by atoms with van der Waals surface area (Å²) in [6.07, 6.45) is 0. The number of carbonyl (C=O) groups excluding carboxylic acids is 1. The third-order valence-corrected chi connectivity index (χ3v) is 4.39. The smallest absolute Gasteiger partial charge is 0.294 e. The largest absolute Gasteiger partial charge is 0.501 e. The maximum Gasteiger partial charge on any atom is 0.294 e. The molecule has 3 N–H and O–H groups in total. The molecule has 130 valence electrons. The number of benzene rings is 1. The number of amides is 1. The van der Waals surface area contributed by atoms with Crippen molar-refractivity contribution in [3.63, 3.8) is 0 Å². The summed E-state index contributed by atoms with van der Waals surface area (Å²) in [5, 5.41) is 14.5. The van der Waals surface area contributed by atoms with E-state index in [1.807, 2.05) is 48.7 Å². The molecule has 1 aromatic carbocycles. The summed E-state index contributed by atoms with van der Waals surface area (Å²) in [5.41, 5.74) is -0.121. The van der Waals surface area contributed by atoms with Crippen LogP contribution in [0.3, 0.4) is 0 Å². The molecule has 0 bridgehead atoms. The molecule has 0 radical (unpaired) electrons. The molecule has 0 unspecified atom stereocenters. The highest BCUT2D eigenvalue weighted by atomic mass is 32.1. The first-order chi connectivity index (χ1) is 11.6. The van der Waals surface area contributed by atoms with E-state index in [0.29, 0.717) is 4.88 Å². The molecule has 3 aromatic rings. The molecule has 2 aromatic heterocycles. The van der Waals surface area contributed by atoms with Crippen molar-refractivity contribution in [3.8, 4) is 16.5 Å². The second-order valence-electron chi connectivity index (χ2n) is 5.19. The molecule has 0 aliphatic rings. The summed E-state index contributed by atoms with van der Waals surface area (Å²) in [6.45, 7) is 1.82. The SMILES string of the molecule is C.C[C@H](NC(=O)c1nc(-c2cccs2)[nH]c(=O)c1O)c1ccccc1. The number of nitrogens with zero attached hydrogens (tertiary/aromatic N) is 1. The van der Waals surface area contributed by atoms with Gasteiger partial charge in [0.2, 0.25) is 5.75 Å². The summed E-state index contributed by atoms with van der Waals surface area (Å²) in [6, 6.07) is 12.7. The number of nitrogens with one attached hydrogen (secondary N) is 2. The highest BCUT2D eigenvalue weighted by molar-refractivity contribution is 7.13. The molecule has 2 heterocycles. The van der Waals surface area contributed by atoms with Crippen LogP contribution < -0.4 is 10.9 Å². The molecule has 0 aliphatic carbocycles. The van der Waals surface area contributed by atoms with Gasteiger partial charge >= 0.3 is 0 Å². The Kier molecular flexibility index (Phi) is 5.71. The van der Waals surface area contributed by atoms with Gasteiger partial charge < -0.3 is 15.4 Å². The first kappa shape index (κ1) is 18.4. The number of hydrogen-bond donors (Lipinski definition) is 3. The van der Waals surface area contributed by atoms with Crippen molar-refractivity contribution in [2.24, 2.45) is 0 Å². The topological polar surface area (TPSA) is 95.1 Å². The second kappa shape index (κ2) is 7.76. The number of rotatable bonds is 4. The van der Waals surface area contributed by atoms with E-state index in [0.717, 1.165) is 5.56 Å². The molecular weight excluding hydrogens is 338 g/mol. The monoisotopic (exact) mass is 357 g/mol. The number of aromatic hydroxyl groups is 1. The number of aromatic nitrogens is 2. The fourth-order valence-corrected chi connectivity index (χ4v) is 2.91. The minimum Gasteiger partial charge on any atom is -0.501 e. The van der Waals surface area contributed by atoms with Gasteiger partial charge in [-0.3, -0.25) is 9.59 Å². The van der Waals surface area contributed by atoms with Crippen molar-refractivity contribution in [2.45, 2.75) is 20.4 Å². The number of aromatic amines is 1. The summed E-state index contributed by atoms with van der Waals surface area (Å²) in [4.78, 5) is 31.6. The molecule has 6 nitrogen and oxygen atoms in total. The highest BCUT2D eigenvalue weighted by Gasteiger charge is 2.20. The zero-order valence-corrected chi connectivity index (χ0v) is 13.6. The van der Waals surface area contributed by atoms with Crippen LogP contribution in [0.4, 0.5) is 0 Å². The van der Waals surface area contributed by atoms with Gasteiger partial charge in [0.25, 0.3) is 11.5 Å². The van der Waals surface area contributed by atoms with Crippen LogP contribution in [0.2, 0.25) is 0 Å². The standard InChI is InChI=1S/C17H15N3O3S.CH4/c1-10(11-6-3-2-4-7-11)18-16(22)13-14(21)17(23)20-15(19-13)12-8-5-9-24-12;/h2-10,21H,1H3,(H,18,22)(H,19,20,23);1H4/t10-;/m0./s1. The quantitative estimate of drug-likeness (QED) is 0.667. The van der Waals surface area contributed by atoms with Gasteiger partial charge in [-0.2, -0.15) is 0 Å². The van der Waals surface area contributed by atoms with Crippen LogP contribution >= 0.6 is 11.3 Å². The predicted octanol–water partition coefficient (Wildman–Crippen LogP) is 3.33. The predicted molar refractivity (Wildman–Crippen MR) is 98.9 cm³/mol. The summed E-state index contributed by atoms with van der Waals surface area (Å²) >= 11 is 1.38. The van der Waals surface area contributed by atoms with Crippen LogP contribution in [0.1, 0.15) is 36.4 Å². The van der Waals surface area contributed by atoms with Crippen LogP contribution in [0.15, 0.2) is 52.6 Å². The molecular formula is C18H19N3O3S. The second-order valence-corrected chi connectivity index (χ2v) is 6.14. The van der Waals surface area contributed by atoms with Gasteiger partial charge in [0.1, 0.15) is 0 Å². The van der Waals surface area contributed by atoms with Gasteiger partial charge in [0.15, 0.2) is 11.5 Å². The maximum atomic E-state index is 12.4. The summed E-state index contributed by atoms with van der Waals surface area (Å²) < 4.78 is 0. The van der Waals surface area contributed by atoms with E-state index in [4.69, 9.17) is 0 Å². The Morgan fingerprint density at radius 1 is 1.24 bits per heavy atom. The molecule has 0 saturated carbocycles. The van der Waals surface area contributed by atoms with Gasteiger partial charge in [-0.25, -0.2) is 4.98 Å². The molecule has 0 fully saturated rings. The molecule has 1 amide bonds.